The number of hydrogen-bond acceptors (Lipinski definition) is 1. The molecule has 1 aromatic heterocycles. The fourth-order valence-corrected chi connectivity index (χ4v) is 3.28. The second-order valence-electron chi connectivity index (χ2n) is 6.06. The number of fused-ring (bicyclic) bond motifs is 1. The van der Waals surface area contributed by atoms with Gasteiger partial charge >= 0.3 is 0 Å². The maximum Gasteiger partial charge on any atom is 0.281 e. The lowest BCUT2D eigenvalue weighted by molar-refractivity contribution is -0.647. The molecule has 0 fully saturated rings. The zero-order chi connectivity index (χ0) is 17.1. The Kier molecular flexibility index (Phi) is 4.70. The number of para-hydroxylation sites is 2. The molecule has 0 N–H and O–H groups in total. The number of nitrogens with zero attached hydrogens (tertiary/aromatic N) is 3. The van der Waals surface area contributed by atoms with Gasteiger partial charge in [0.1, 0.15) is 0 Å². The first-order chi connectivity index (χ1) is 11.7. The summed E-state index contributed by atoms with van der Waals surface area (Å²) in [4.78, 5) is 2.36. The molecule has 2 aromatic carbocycles. The molecule has 3 nitrogen and oxygen atoms in total. The molecule has 3 heteroatoms. The van der Waals surface area contributed by atoms with E-state index in [4.69, 9.17) is 0 Å². The first-order valence-electron chi connectivity index (χ1n) is 8.62. The monoisotopic (exact) mass is 320 g/mol. The molecule has 0 bridgehead atoms. The topological polar surface area (TPSA) is 12.1 Å². The van der Waals surface area contributed by atoms with Crippen molar-refractivity contribution in [2.45, 2.75) is 13.8 Å². The van der Waals surface area contributed by atoms with E-state index in [1.165, 1.54) is 28.1 Å². The Morgan fingerprint density at radius 1 is 0.958 bits per heavy atom. The molecule has 1 heterocycles. The molecule has 0 aliphatic carbocycles. The average molecular weight is 320 g/mol. The lowest BCUT2D eigenvalue weighted by Crippen LogP contribution is -2.30. The smallest absolute Gasteiger partial charge is 0.281 e. The molecule has 0 unspecified atom stereocenters. The van der Waals surface area contributed by atoms with Gasteiger partial charge in [-0.15, -0.1) is 0 Å². The minimum atomic E-state index is 1.04. The van der Waals surface area contributed by atoms with Gasteiger partial charge in [-0.2, -0.15) is 0 Å². The summed E-state index contributed by atoms with van der Waals surface area (Å²) in [5.74, 6) is 1.18. The van der Waals surface area contributed by atoms with Crippen LogP contribution >= 0.6 is 0 Å². The van der Waals surface area contributed by atoms with Gasteiger partial charge < -0.3 is 4.90 Å². The lowest BCUT2D eigenvalue weighted by Gasteiger charge is -2.20. The maximum absolute atomic E-state index is 2.36. The first-order valence-corrected chi connectivity index (χ1v) is 8.62. The fraction of sp³-hybridized carbons (Fsp3) is 0.286. The molecule has 0 amide bonds. The van der Waals surface area contributed by atoms with Crippen molar-refractivity contribution in [1.82, 2.24) is 4.57 Å². The molecule has 3 rings (SSSR count). The van der Waals surface area contributed by atoms with E-state index in [1.54, 1.807) is 0 Å². The van der Waals surface area contributed by atoms with Gasteiger partial charge in [-0.3, -0.25) is 0 Å². The van der Waals surface area contributed by atoms with E-state index in [0.29, 0.717) is 0 Å². The van der Waals surface area contributed by atoms with Gasteiger partial charge in [0.05, 0.1) is 14.1 Å². The number of hydrogen-bond donors (Lipinski definition) is 0. The van der Waals surface area contributed by atoms with E-state index in [9.17, 15) is 0 Å². The van der Waals surface area contributed by atoms with E-state index in [0.717, 1.165) is 13.1 Å². The second-order valence-corrected chi connectivity index (χ2v) is 6.06. The standard InChI is InChI=1S/C21H26N3/c1-5-24(6-2)18-14-11-17(12-15-18)13-16-21-22(3)19-9-7-8-10-20(19)23(21)4/h7-16H,5-6H2,1-4H3/q+1. The largest absolute Gasteiger partial charge is 0.372 e. The molecular weight excluding hydrogens is 294 g/mol. The van der Waals surface area contributed by atoms with Gasteiger partial charge in [0.15, 0.2) is 11.0 Å². The molecule has 0 saturated heterocycles. The van der Waals surface area contributed by atoms with Crippen LogP contribution in [0.15, 0.2) is 48.5 Å². The summed E-state index contributed by atoms with van der Waals surface area (Å²) in [6.07, 6.45) is 4.37. The zero-order valence-electron chi connectivity index (χ0n) is 15.0. The third-order valence-electron chi connectivity index (χ3n) is 4.74. The Hall–Kier alpha value is -2.55. The molecule has 0 aliphatic rings. The highest BCUT2D eigenvalue weighted by atomic mass is 15.1. The van der Waals surface area contributed by atoms with Crippen LogP contribution in [0.25, 0.3) is 23.2 Å². The molecule has 3 aromatic rings. The van der Waals surface area contributed by atoms with Gasteiger partial charge in [0.25, 0.3) is 5.82 Å². The quantitative estimate of drug-likeness (QED) is 0.647. The van der Waals surface area contributed by atoms with Crippen molar-refractivity contribution in [3.63, 3.8) is 0 Å². The lowest BCUT2D eigenvalue weighted by atomic mass is 10.2. The summed E-state index contributed by atoms with van der Waals surface area (Å²) in [6, 6.07) is 17.3. The predicted molar refractivity (Wildman–Crippen MR) is 103 cm³/mol. The summed E-state index contributed by atoms with van der Waals surface area (Å²) in [5.41, 5.74) is 5.00. The van der Waals surface area contributed by atoms with Crippen LogP contribution in [0.5, 0.6) is 0 Å². The van der Waals surface area contributed by atoms with Crippen molar-refractivity contribution in [3.05, 3.63) is 59.9 Å². The molecule has 0 saturated carbocycles. The second kappa shape index (κ2) is 6.91. The van der Waals surface area contributed by atoms with Gasteiger partial charge in [-0.25, -0.2) is 9.13 Å². The summed E-state index contributed by atoms with van der Waals surface area (Å²) >= 11 is 0. The van der Waals surface area contributed by atoms with Crippen LogP contribution < -0.4 is 9.47 Å². The normalized spacial score (nSPS) is 11.5. The number of anilines is 1. The Labute approximate surface area is 144 Å². The highest BCUT2D eigenvalue weighted by molar-refractivity contribution is 5.76. The highest BCUT2D eigenvalue weighted by Crippen LogP contribution is 2.17. The van der Waals surface area contributed by atoms with Crippen molar-refractivity contribution in [3.8, 4) is 0 Å². The van der Waals surface area contributed by atoms with E-state index in [-0.39, 0.29) is 0 Å². The van der Waals surface area contributed by atoms with Gasteiger partial charge in [-0.1, -0.05) is 24.3 Å². The van der Waals surface area contributed by atoms with Crippen LogP contribution in [0, 0.1) is 0 Å². The summed E-state index contributed by atoms with van der Waals surface area (Å²) in [5, 5.41) is 0. The van der Waals surface area contributed by atoms with Crippen LogP contribution in [0.4, 0.5) is 5.69 Å². The maximum atomic E-state index is 2.36. The average Bonchev–Trinajstić information content (AvgIpc) is 2.87. The van der Waals surface area contributed by atoms with Crippen LogP contribution in [-0.2, 0) is 14.1 Å². The Balaban J connectivity index is 1.89. The zero-order valence-corrected chi connectivity index (χ0v) is 15.0. The molecule has 124 valence electrons. The van der Waals surface area contributed by atoms with Crippen LogP contribution in [0.3, 0.4) is 0 Å². The van der Waals surface area contributed by atoms with Crippen molar-refractivity contribution in [2.75, 3.05) is 18.0 Å². The third kappa shape index (κ3) is 2.94. The minimum Gasteiger partial charge on any atom is -0.372 e. The van der Waals surface area contributed by atoms with Crippen LogP contribution in [0.1, 0.15) is 25.2 Å². The minimum absolute atomic E-state index is 1.04. The SMILES string of the molecule is CCN(CC)c1ccc(/C=C/c2n(C)c3ccccc3[n+]2C)cc1. The Bertz CT molecular complexity index is 814. The number of aryl methyl sites for hydroxylation is 2. The van der Waals surface area contributed by atoms with E-state index < -0.39 is 0 Å². The number of rotatable bonds is 5. The third-order valence-corrected chi connectivity index (χ3v) is 4.74. The first kappa shape index (κ1) is 16.3. The summed E-state index contributed by atoms with van der Waals surface area (Å²) in [6.45, 7) is 6.46. The van der Waals surface area contributed by atoms with Crippen LogP contribution in [-0.4, -0.2) is 17.7 Å². The predicted octanol–water partition coefficient (Wildman–Crippen LogP) is 4.02. The van der Waals surface area contributed by atoms with Crippen LogP contribution in [0.2, 0.25) is 0 Å². The molecule has 24 heavy (non-hydrogen) atoms. The Morgan fingerprint density at radius 2 is 1.62 bits per heavy atom. The number of imidazole rings is 1. The van der Waals surface area contributed by atoms with Gasteiger partial charge in [0, 0.05) is 24.9 Å². The molecule has 0 aliphatic heterocycles. The van der Waals surface area contributed by atoms with Crippen molar-refractivity contribution in [2.24, 2.45) is 14.1 Å². The molecule has 0 atom stereocenters. The number of aromatic nitrogens is 2. The fourth-order valence-electron chi connectivity index (χ4n) is 3.28. The van der Waals surface area contributed by atoms with Crippen molar-refractivity contribution >= 4 is 28.9 Å². The number of benzene rings is 2. The van der Waals surface area contributed by atoms with E-state index >= 15 is 0 Å². The van der Waals surface area contributed by atoms with E-state index in [1.807, 2.05) is 0 Å². The highest BCUT2D eigenvalue weighted by Gasteiger charge is 2.16. The van der Waals surface area contributed by atoms with Gasteiger partial charge in [-0.05, 0) is 49.8 Å². The Morgan fingerprint density at radius 3 is 2.25 bits per heavy atom. The van der Waals surface area contributed by atoms with E-state index in [2.05, 4.69) is 103 Å². The molecule has 0 spiro atoms. The van der Waals surface area contributed by atoms with Crippen molar-refractivity contribution < 1.29 is 4.57 Å². The van der Waals surface area contributed by atoms with Crippen molar-refractivity contribution in [1.29, 1.82) is 0 Å². The molecular formula is C21H26N3+. The molecule has 0 radical (unpaired) electrons. The van der Waals surface area contributed by atoms with Gasteiger partial charge in [0.2, 0.25) is 0 Å². The summed E-state index contributed by atoms with van der Waals surface area (Å²) < 4.78 is 4.46. The summed E-state index contributed by atoms with van der Waals surface area (Å²) in [7, 11) is 4.23.